The summed E-state index contributed by atoms with van der Waals surface area (Å²) in [5.41, 5.74) is 0. The smallest absolute Gasteiger partial charge is 0.0843 e. The predicted molar refractivity (Wildman–Crippen MR) is 72.9 cm³/mol. The lowest BCUT2D eigenvalue weighted by molar-refractivity contribution is 0.0973. The highest BCUT2D eigenvalue weighted by molar-refractivity contribution is 9.13. The van der Waals surface area contributed by atoms with E-state index in [0.717, 1.165) is 11.0 Å². The standard InChI is InChI=1S/C11H13Br2NOS/c12-8-4-7(16-11(8)13)5-14-9-3-6-1-2-10(9)15-6/h4,6,9-10,14H,1-3,5H2. The Morgan fingerprint density at radius 2 is 2.31 bits per heavy atom. The summed E-state index contributed by atoms with van der Waals surface area (Å²) in [4.78, 5) is 1.36. The molecule has 3 atom stereocenters. The number of thiophene rings is 1. The Balaban J connectivity index is 1.57. The summed E-state index contributed by atoms with van der Waals surface area (Å²) in [6.45, 7) is 0.951. The van der Waals surface area contributed by atoms with Gasteiger partial charge in [0.2, 0.25) is 0 Å². The largest absolute Gasteiger partial charge is 0.373 e. The highest BCUT2D eigenvalue weighted by Gasteiger charge is 2.40. The van der Waals surface area contributed by atoms with Crippen molar-refractivity contribution in [2.45, 2.75) is 44.1 Å². The lowest BCUT2D eigenvalue weighted by Crippen LogP contribution is -2.36. The van der Waals surface area contributed by atoms with Gasteiger partial charge in [-0.05, 0) is 57.2 Å². The first-order valence-corrected chi connectivity index (χ1v) is 7.95. The van der Waals surface area contributed by atoms with E-state index in [1.54, 1.807) is 11.3 Å². The van der Waals surface area contributed by atoms with Gasteiger partial charge in [0.05, 0.1) is 16.0 Å². The van der Waals surface area contributed by atoms with Crippen molar-refractivity contribution in [3.8, 4) is 0 Å². The normalized spacial score (nSPS) is 32.5. The van der Waals surface area contributed by atoms with Crippen molar-refractivity contribution < 1.29 is 4.74 Å². The Bertz CT molecular complexity index is 376. The van der Waals surface area contributed by atoms with Gasteiger partial charge in [-0.15, -0.1) is 11.3 Å². The molecule has 5 heteroatoms. The second kappa shape index (κ2) is 4.69. The van der Waals surface area contributed by atoms with E-state index in [9.17, 15) is 0 Å². The van der Waals surface area contributed by atoms with Crippen LogP contribution in [-0.4, -0.2) is 18.2 Å². The number of ether oxygens (including phenoxy) is 1. The first kappa shape index (κ1) is 11.7. The number of halogens is 2. The fourth-order valence-corrected chi connectivity index (χ4v) is 4.69. The molecule has 1 N–H and O–H groups in total. The molecule has 2 nitrogen and oxygen atoms in total. The van der Waals surface area contributed by atoms with Crippen LogP contribution < -0.4 is 5.32 Å². The monoisotopic (exact) mass is 365 g/mol. The minimum atomic E-state index is 0.469. The molecule has 0 amide bonds. The van der Waals surface area contributed by atoms with Gasteiger partial charge in [-0.2, -0.15) is 0 Å². The van der Waals surface area contributed by atoms with Gasteiger partial charge in [0.15, 0.2) is 0 Å². The van der Waals surface area contributed by atoms with E-state index in [4.69, 9.17) is 4.74 Å². The van der Waals surface area contributed by atoms with Crippen molar-refractivity contribution in [1.82, 2.24) is 5.32 Å². The van der Waals surface area contributed by atoms with Crippen molar-refractivity contribution >= 4 is 43.2 Å². The summed E-state index contributed by atoms with van der Waals surface area (Å²) in [5, 5.41) is 3.61. The molecule has 2 bridgehead atoms. The molecule has 1 aromatic rings. The van der Waals surface area contributed by atoms with E-state index < -0.39 is 0 Å². The van der Waals surface area contributed by atoms with Crippen molar-refractivity contribution in [1.29, 1.82) is 0 Å². The summed E-state index contributed by atoms with van der Waals surface area (Å²) in [6, 6.07) is 2.74. The SMILES string of the molecule is Brc1cc(CNC2CC3CCC2O3)sc1Br. The van der Waals surface area contributed by atoms with Crippen molar-refractivity contribution in [3.05, 3.63) is 19.2 Å². The summed E-state index contributed by atoms with van der Waals surface area (Å²) < 4.78 is 8.15. The van der Waals surface area contributed by atoms with E-state index in [2.05, 4.69) is 43.2 Å². The molecule has 2 fully saturated rings. The molecule has 1 aromatic heterocycles. The van der Waals surface area contributed by atoms with Gasteiger partial charge in [0.25, 0.3) is 0 Å². The van der Waals surface area contributed by atoms with Gasteiger partial charge in [-0.3, -0.25) is 0 Å². The quantitative estimate of drug-likeness (QED) is 0.880. The Hall–Kier alpha value is 0.580. The molecule has 0 aromatic carbocycles. The highest BCUT2D eigenvalue weighted by atomic mass is 79.9. The number of rotatable bonds is 3. The molecule has 3 heterocycles. The van der Waals surface area contributed by atoms with Crippen molar-refractivity contribution in [3.63, 3.8) is 0 Å². The Morgan fingerprint density at radius 1 is 1.44 bits per heavy atom. The molecule has 2 saturated heterocycles. The Kier molecular flexibility index (Phi) is 3.42. The maximum Gasteiger partial charge on any atom is 0.0843 e. The molecule has 2 aliphatic heterocycles. The lowest BCUT2D eigenvalue weighted by atomic mass is 9.95. The zero-order valence-corrected chi connectivity index (χ0v) is 12.7. The van der Waals surface area contributed by atoms with Crippen LogP contribution in [0.1, 0.15) is 24.1 Å². The predicted octanol–water partition coefficient (Wildman–Crippen LogP) is 3.68. The zero-order valence-electron chi connectivity index (χ0n) is 8.71. The molecule has 3 unspecified atom stereocenters. The molecule has 16 heavy (non-hydrogen) atoms. The van der Waals surface area contributed by atoms with Gasteiger partial charge in [0, 0.05) is 21.9 Å². The van der Waals surface area contributed by atoms with Crippen LogP contribution in [0.25, 0.3) is 0 Å². The van der Waals surface area contributed by atoms with Crippen LogP contribution in [0.2, 0.25) is 0 Å². The summed E-state index contributed by atoms with van der Waals surface area (Å²) in [7, 11) is 0. The summed E-state index contributed by atoms with van der Waals surface area (Å²) in [5.74, 6) is 0. The van der Waals surface area contributed by atoms with E-state index in [-0.39, 0.29) is 0 Å². The van der Waals surface area contributed by atoms with Gasteiger partial charge >= 0.3 is 0 Å². The zero-order chi connectivity index (χ0) is 11.1. The van der Waals surface area contributed by atoms with Crippen LogP contribution >= 0.6 is 43.2 Å². The average Bonchev–Trinajstić information content (AvgIpc) is 2.92. The first-order chi connectivity index (χ1) is 7.72. The fourth-order valence-electron chi connectivity index (χ4n) is 2.56. The van der Waals surface area contributed by atoms with Crippen LogP contribution in [0.3, 0.4) is 0 Å². The van der Waals surface area contributed by atoms with E-state index in [0.29, 0.717) is 18.2 Å². The van der Waals surface area contributed by atoms with Gasteiger partial charge in [-0.1, -0.05) is 0 Å². The first-order valence-electron chi connectivity index (χ1n) is 5.55. The third kappa shape index (κ3) is 2.25. The molecule has 0 spiro atoms. The second-order valence-electron chi connectivity index (χ2n) is 4.43. The maximum absolute atomic E-state index is 5.82. The molecular weight excluding hydrogens is 354 g/mol. The number of hydrogen-bond donors (Lipinski definition) is 1. The number of hydrogen-bond acceptors (Lipinski definition) is 3. The fraction of sp³-hybridized carbons (Fsp3) is 0.636. The summed E-state index contributed by atoms with van der Waals surface area (Å²) >= 11 is 8.82. The van der Waals surface area contributed by atoms with Crippen LogP contribution in [0.4, 0.5) is 0 Å². The lowest BCUT2D eigenvalue weighted by Gasteiger charge is -2.19. The third-order valence-corrected chi connectivity index (χ3v) is 6.60. The molecule has 3 rings (SSSR count). The molecule has 88 valence electrons. The minimum absolute atomic E-state index is 0.469. The topological polar surface area (TPSA) is 21.3 Å². The van der Waals surface area contributed by atoms with Crippen molar-refractivity contribution in [2.24, 2.45) is 0 Å². The van der Waals surface area contributed by atoms with Crippen LogP contribution in [0, 0.1) is 0 Å². The molecule has 0 saturated carbocycles. The number of fused-ring (bicyclic) bond motifs is 2. The maximum atomic E-state index is 5.82. The minimum Gasteiger partial charge on any atom is -0.373 e. The van der Waals surface area contributed by atoms with Crippen LogP contribution in [0.15, 0.2) is 14.3 Å². The molecular formula is C11H13Br2NOS. The average molecular weight is 367 g/mol. The van der Waals surface area contributed by atoms with Gasteiger partial charge < -0.3 is 10.1 Å². The van der Waals surface area contributed by atoms with E-state index >= 15 is 0 Å². The highest BCUT2D eigenvalue weighted by Crippen LogP contribution is 2.35. The molecule has 0 radical (unpaired) electrons. The third-order valence-electron chi connectivity index (χ3n) is 3.34. The summed E-state index contributed by atoms with van der Waals surface area (Å²) in [6.07, 6.45) is 4.69. The molecule has 2 aliphatic rings. The van der Waals surface area contributed by atoms with Crippen LogP contribution in [0.5, 0.6) is 0 Å². The van der Waals surface area contributed by atoms with Crippen LogP contribution in [-0.2, 0) is 11.3 Å². The second-order valence-corrected chi connectivity index (χ2v) is 7.74. The van der Waals surface area contributed by atoms with Gasteiger partial charge in [0.1, 0.15) is 0 Å². The van der Waals surface area contributed by atoms with E-state index in [1.807, 2.05) is 0 Å². The Labute approximate surface area is 116 Å². The van der Waals surface area contributed by atoms with E-state index in [1.165, 1.54) is 27.9 Å². The number of nitrogens with one attached hydrogen (secondary N) is 1. The van der Waals surface area contributed by atoms with Crippen molar-refractivity contribution in [2.75, 3.05) is 0 Å². The molecule has 0 aliphatic carbocycles. The Morgan fingerprint density at radius 3 is 2.88 bits per heavy atom. The van der Waals surface area contributed by atoms with Gasteiger partial charge in [-0.25, -0.2) is 0 Å².